The Labute approximate surface area is 191 Å². The van der Waals surface area contributed by atoms with Crippen molar-refractivity contribution in [3.05, 3.63) is 63.9 Å². The molecule has 0 aliphatic rings. The second-order valence-electron chi connectivity index (χ2n) is 7.17. The highest BCUT2D eigenvalue weighted by molar-refractivity contribution is 6.34. The number of benzene rings is 1. The van der Waals surface area contributed by atoms with E-state index in [9.17, 15) is 22.8 Å². The van der Waals surface area contributed by atoms with Crippen LogP contribution in [0.5, 0.6) is 5.88 Å². The van der Waals surface area contributed by atoms with Gasteiger partial charge in [-0.25, -0.2) is 9.97 Å². The molecule has 0 spiro atoms. The van der Waals surface area contributed by atoms with Gasteiger partial charge in [-0.15, -0.1) is 0 Å². The number of methoxy groups -OCH3 is 1. The number of amides is 1. The SMILES string of the molecule is COc1ncnc(C(=O)C[C@@H](C)c2cc(C(=O)Nc3ccc(C)c(C(F)(F)F)c3)on2)c1Cl. The molecule has 2 heterocycles. The molecule has 174 valence electrons. The summed E-state index contributed by atoms with van der Waals surface area (Å²) in [6, 6.07) is 4.76. The van der Waals surface area contributed by atoms with Gasteiger partial charge in [0.1, 0.15) is 17.0 Å². The fraction of sp³-hybridized carbons (Fsp3) is 0.286. The Balaban J connectivity index is 1.70. The van der Waals surface area contributed by atoms with Gasteiger partial charge < -0.3 is 14.6 Å². The van der Waals surface area contributed by atoms with Gasteiger partial charge in [-0.3, -0.25) is 9.59 Å². The van der Waals surface area contributed by atoms with Crippen molar-refractivity contribution in [1.82, 2.24) is 15.1 Å². The van der Waals surface area contributed by atoms with Crippen molar-refractivity contribution in [3.8, 4) is 5.88 Å². The zero-order chi connectivity index (χ0) is 24.3. The summed E-state index contributed by atoms with van der Waals surface area (Å²) < 4.78 is 49.2. The van der Waals surface area contributed by atoms with Crippen LogP contribution in [0.2, 0.25) is 5.02 Å². The minimum atomic E-state index is -4.55. The van der Waals surface area contributed by atoms with Gasteiger partial charge in [-0.2, -0.15) is 13.2 Å². The van der Waals surface area contributed by atoms with E-state index in [1.807, 2.05) is 0 Å². The summed E-state index contributed by atoms with van der Waals surface area (Å²) in [5.41, 5.74) is -0.596. The first-order chi connectivity index (χ1) is 15.5. The number of aryl methyl sites for hydroxylation is 1. The average Bonchev–Trinajstić information content (AvgIpc) is 3.25. The van der Waals surface area contributed by atoms with E-state index in [1.54, 1.807) is 6.92 Å². The van der Waals surface area contributed by atoms with Gasteiger partial charge in [-0.05, 0) is 24.6 Å². The zero-order valence-corrected chi connectivity index (χ0v) is 18.4. The zero-order valence-electron chi connectivity index (χ0n) is 17.7. The predicted molar refractivity (Wildman–Crippen MR) is 112 cm³/mol. The Hall–Kier alpha value is -3.47. The van der Waals surface area contributed by atoms with Gasteiger partial charge in [-0.1, -0.05) is 29.7 Å². The monoisotopic (exact) mass is 482 g/mol. The van der Waals surface area contributed by atoms with Gasteiger partial charge in [0.05, 0.1) is 18.4 Å². The predicted octanol–water partition coefficient (Wildman–Crippen LogP) is 5.08. The highest BCUT2D eigenvalue weighted by Crippen LogP contribution is 2.33. The van der Waals surface area contributed by atoms with Crippen LogP contribution in [0.3, 0.4) is 0 Å². The molecule has 1 aromatic carbocycles. The number of ketones is 1. The summed E-state index contributed by atoms with van der Waals surface area (Å²) in [4.78, 5) is 32.7. The Morgan fingerprint density at radius 1 is 1.24 bits per heavy atom. The van der Waals surface area contributed by atoms with E-state index in [4.69, 9.17) is 20.9 Å². The van der Waals surface area contributed by atoms with Crippen molar-refractivity contribution in [2.24, 2.45) is 0 Å². The van der Waals surface area contributed by atoms with E-state index in [0.29, 0.717) is 5.69 Å². The first kappa shape index (κ1) is 24.2. The van der Waals surface area contributed by atoms with Crippen LogP contribution in [0.25, 0.3) is 0 Å². The third kappa shape index (κ3) is 5.48. The maximum atomic E-state index is 13.1. The Morgan fingerprint density at radius 3 is 2.64 bits per heavy atom. The fourth-order valence-electron chi connectivity index (χ4n) is 3.00. The van der Waals surface area contributed by atoms with Crippen LogP contribution >= 0.6 is 11.6 Å². The number of carbonyl (C=O) groups excluding carboxylic acids is 2. The van der Waals surface area contributed by atoms with E-state index in [-0.39, 0.29) is 40.0 Å². The number of nitrogens with zero attached hydrogens (tertiary/aromatic N) is 3. The molecule has 12 heteroatoms. The molecule has 8 nitrogen and oxygen atoms in total. The van der Waals surface area contributed by atoms with Gasteiger partial charge in [0.25, 0.3) is 5.91 Å². The molecule has 0 unspecified atom stereocenters. The Kier molecular flexibility index (Phi) is 7.01. The second kappa shape index (κ2) is 9.57. The molecule has 1 N–H and O–H groups in total. The van der Waals surface area contributed by atoms with Crippen LogP contribution in [-0.2, 0) is 6.18 Å². The van der Waals surface area contributed by atoms with Gasteiger partial charge >= 0.3 is 6.18 Å². The summed E-state index contributed by atoms with van der Waals surface area (Å²) in [7, 11) is 1.35. The number of ether oxygens (including phenoxy) is 1. The van der Waals surface area contributed by atoms with Crippen molar-refractivity contribution in [2.45, 2.75) is 32.4 Å². The van der Waals surface area contributed by atoms with Crippen molar-refractivity contribution in [3.63, 3.8) is 0 Å². The number of anilines is 1. The number of alkyl halides is 3. The highest BCUT2D eigenvalue weighted by Gasteiger charge is 2.32. The number of rotatable bonds is 7. The van der Waals surface area contributed by atoms with Crippen molar-refractivity contribution in [1.29, 1.82) is 0 Å². The number of Topliss-reactive ketones (excluding diaryl/α,β-unsaturated/α-hetero) is 1. The summed E-state index contributed by atoms with van der Waals surface area (Å²) in [5.74, 6) is -1.82. The van der Waals surface area contributed by atoms with Crippen LogP contribution in [-0.4, -0.2) is 33.9 Å². The van der Waals surface area contributed by atoms with Gasteiger partial charge in [0.15, 0.2) is 5.78 Å². The molecule has 1 amide bonds. The Morgan fingerprint density at radius 2 is 1.97 bits per heavy atom. The average molecular weight is 483 g/mol. The van der Waals surface area contributed by atoms with Crippen LogP contribution in [0, 0.1) is 6.92 Å². The van der Waals surface area contributed by atoms with Gasteiger partial charge in [0, 0.05) is 24.1 Å². The molecule has 0 aliphatic heterocycles. The van der Waals surface area contributed by atoms with Crippen molar-refractivity contribution < 1.29 is 32.0 Å². The molecule has 0 fully saturated rings. The van der Waals surface area contributed by atoms with Crippen molar-refractivity contribution >= 4 is 29.0 Å². The summed E-state index contributed by atoms with van der Waals surface area (Å²) in [5, 5.41) is 6.12. The molecule has 33 heavy (non-hydrogen) atoms. The Bertz CT molecular complexity index is 1200. The highest BCUT2D eigenvalue weighted by atomic mass is 35.5. The number of hydrogen-bond donors (Lipinski definition) is 1. The molecule has 3 rings (SSSR count). The maximum absolute atomic E-state index is 13.1. The van der Waals surface area contributed by atoms with E-state index in [1.165, 1.54) is 32.2 Å². The number of hydrogen-bond acceptors (Lipinski definition) is 7. The van der Waals surface area contributed by atoms with E-state index < -0.39 is 29.3 Å². The molecule has 2 aromatic heterocycles. The number of halogens is 4. The molecule has 3 aromatic rings. The smallest absolute Gasteiger partial charge is 0.416 e. The first-order valence-electron chi connectivity index (χ1n) is 9.54. The molecule has 0 saturated heterocycles. The van der Waals surface area contributed by atoms with E-state index in [2.05, 4.69) is 20.4 Å². The molecular weight excluding hydrogens is 465 g/mol. The summed E-state index contributed by atoms with van der Waals surface area (Å²) >= 11 is 6.08. The molecular formula is C21H18ClF3N4O4. The normalized spacial score (nSPS) is 12.3. The third-order valence-electron chi connectivity index (χ3n) is 4.76. The largest absolute Gasteiger partial charge is 0.480 e. The number of aromatic nitrogens is 3. The second-order valence-corrected chi connectivity index (χ2v) is 7.55. The standard InChI is InChI=1S/C21H18ClF3N4O4/c1-10-4-5-12(7-13(10)21(23,24)25)28-19(31)16-8-14(29-33-16)11(2)6-15(30)18-17(22)20(32-3)27-9-26-18/h4-5,7-9,11H,6H2,1-3H3,(H,28,31)/t11-/m1/s1. The first-order valence-corrected chi connectivity index (χ1v) is 9.92. The molecule has 0 radical (unpaired) electrons. The number of nitrogens with one attached hydrogen (secondary N) is 1. The maximum Gasteiger partial charge on any atom is 0.416 e. The minimum Gasteiger partial charge on any atom is -0.480 e. The molecule has 0 saturated carbocycles. The van der Waals surface area contributed by atoms with E-state index in [0.717, 1.165) is 12.4 Å². The lowest BCUT2D eigenvalue weighted by molar-refractivity contribution is -0.138. The quantitative estimate of drug-likeness (QED) is 0.468. The van der Waals surface area contributed by atoms with Crippen LogP contribution in [0.1, 0.15) is 57.1 Å². The topological polar surface area (TPSA) is 107 Å². The summed E-state index contributed by atoms with van der Waals surface area (Å²) in [6.45, 7) is 3.00. The van der Waals surface area contributed by atoms with Crippen LogP contribution in [0.4, 0.5) is 18.9 Å². The lowest BCUT2D eigenvalue weighted by Gasteiger charge is -2.12. The lowest BCUT2D eigenvalue weighted by Crippen LogP contribution is -2.13. The molecule has 0 bridgehead atoms. The fourth-order valence-corrected chi connectivity index (χ4v) is 3.28. The number of carbonyl (C=O) groups is 2. The lowest BCUT2D eigenvalue weighted by atomic mass is 9.99. The van der Waals surface area contributed by atoms with E-state index >= 15 is 0 Å². The molecule has 1 atom stereocenters. The summed E-state index contributed by atoms with van der Waals surface area (Å²) in [6.07, 6.45) is -3.46. The van der Waals surface area contributed by atoms with Crippen molar-refractivity contribution in [2.75, 3.05) is 12.4 Å². The molecule has 0 aliphatic carbocycles. The van der Waals surface area contributed by atoms with Gasteiger partial charge in [0.2, 0.25) is 11.6 Å². The van der Waals surface area contributed by atoms with Crippen LogP contribution < -0.4 is 10.1 Å². The van der Waals surface area contributed by atoms with Crippen LogP contribution in [0.15, 0.2) is 35.1 Å². The minimum absolute atomic E-state index is 0.0170. The third-order valence-corrected chi connectivity index (χ3v) is 5.11.